The van der Waals surface area contributed by atoms with Gasteiger partial charge in [-0.05, 0) is 0 Å². The molecule has 0 unspecified atom stereocenters. The Labute approximate surface area is 60.7 Å². The lowest BCUT2D eigenvalue weighted by atomic mass is 10.1. The fraction of sp³-hybridized carbons (Fsp3) is 0.750. The number of aliphatic hydroxyl groups is 1. The Hall–Kier alpha value is 0.00494. The molecule has 0 saturated carbocycles. The van der Waals surface area contributed by atoms with Crippen LogP contribution in [0.15, 0.2) is 0 Å². The van der Waals surface area contributed by atoms with Gasteiger partial charge in [0, 0.05) is 11.8 Å². The van der Waals surface area contributed by atoms with Gasteiger partial charge in [0.1, 0.15) is 12.4 Å². The molecule has 5 heteroatoms. The van der Waals surface area contributed by atoms with Crippen molar-refractivity contribution in [1.29, 1.82) is 0 Å². The predicted molar refractivity (Wildman–Crippen MR) is 41.4 cm³/mol. The van der Waals surface area contributed by atoms with Gasteiger partial charge in [0.25, 0.3) is 0 Å². The molecule has 0 aliphatic heterocycles. The highest BCUT2D eigenvalue weighted by Gasteiger charge is 2.12. The third-order valence-electron chi connectivity index (χ3n) is 1.12. The zero-order valence-corrected chi connectivity index (χ0v) is 6.14. The molecule has 0 amide bonds. The van der Waals surface area contributed by atoms with Crippen molar-refractivity contribution < 1.29 is 9.90 Å². The van der Waals surface area contributed by atoms with Crippen molar-refractivity contribution in [1.82, 2.24) is 5.23 Å². The van der Waals surface area contributed by atoms with E-state index in [1.807, 2.05) is 0 Å². The van der Waals surface area contributed by atoms with Crippen molar-refractivity contribution in [2.75, 3.05) is 5.75 Å². The molecular formula is C4H10BNO2S. The minimum atomic E-state index is -0.938. The summed E-state index contributed by atoms with van der Waals surface area (Å²) in [7, 11) is 1.67. The van der Waals surface area contributed by atoms with Gasteiger partial charge in [-0.25, -0.2) is 0 Å². The molecule has 0 bridgehead atoms. The molecule has 0 aromatic heterocycles. The summed E-state index contributed by atoms with van der Waals surface area (Å²) >= 11 is 3.91. The van der Waals surface area contributed by atoms with Gasteiger partial charge in [-0.2, -0.15) is 12.6 Å². The summed E-state index contributed by atoms with van der Waals surface area (Å²) in [5, 5.41) is 11.6. The molecule has 0 saturated heterocycles. The summed E-state index contributed by atoms with van der Waals surface area (Å²) in [5.74, 6) is 0.455. The summed E-state index contributed by atoms with van der Waals surface area (Å²) in [6, 6.07) is -0.231. The Kier molecular flexibility index (Phi) is 4.85. The number of carbonyl (C=O) groups excluding carboxylic acids is 1. The number of nitrogens with one attached hydrogen (secondary N) is 1. The van der Waals surface area contributed by atoms with Crippen LogP contribution in [0, 0.1) is 0 Å². The zero-order chi connectivity index (χ0) is 7.28. The topological polar surface area (TPSA) is 49.3 Å². The van der Waals surface area contributed by atoms with Crippen molar-refractivity contribution in [2.24, 2.45) is 0 Å². The quantitative estimate of drug-likeness (QED) is 0.244. The van der Waals surface area contributed by atoms with E-state index in [2.05, 4.69) is 17.9 Å². The predicted octanol–water partition coefficient (Wildman–Crippen LogP) is -2.02. The lowest BCUT2D eigenvalue weighted by molar-refractivity contribution is -0.115. The van der Waals surface area contributed by atoms with Crippen molar-refractivity contribution in [3.63, 3.8) is 0 Å². The molecule has 0 fully saturated rings. The molecule has 0 rings (SSSR count). The van der Waals surface area contributed by atoms with Crippen LogP contribution in [0.5, 0.6) is 0 Å². The summed E-state index contributed by atoms with van der Waals surface area (Å²) in [4.78, 5) is 9.94. The van der Waals surface area contributed by atoms with Crippen molar-refractivity contribution in [3.05, 3.63) is 0 Å². The molecule has 9 heavy (non-hydrogen) atoms. The van der Waals surface area contributed by atoms with E-state index in [9.17, 15) is 4.79 Å². The molecule has 0 radical (unpaired) electrons. The average molecular weight is 147 g/mol. The second kappa shape index (κ2) is 4.84. The fourth-order valence-electron chi connectivity index (χ4n) is 0.465. The highest BCUT2D eigenvalue weighted by atomic mass is 32.1. The monoisotopic (exact) mass is 147 g/mol. The molecule has 0 aromatic rings. The van der Waals surface area contributed by atoms with Crippen LogP contribution in [0.1, 0.15) is 0 Å². The average Bonchev–Trinajstić information content (AvgIpc) is 1.90. The SMILES string of the molecule is BN[C@@H](CS)[C@H](O)C=O. The highest BCUT2D eigenvalue weighted by Crippen LogP contribution is 1.91. The molecule has 3 nitrogen and oxygen atoms in total. The Morgan fingerprint density at radius 2 is 2.44 bits per heavy atom. The van der Waals surface area contributed by atoms with Crippen molar-refractivity contribution >= 4 is 26.9 Å². The smallest absolute Gasteiger partial charge is 0.182 e. The zero-order valence-electron chi connectivity index (χ0n) is 5.24. The van der Waals surface area contributed by atoms with Gasteiger partial charge in [0.15, 0.2) is 7.98 Å². The van der Waals surface area contributed by atoms with Gasteiger partial charge in [-0.3, -0.25) is 0 Å². The number of hydrogen-bond acceptors (Lipinski definition) is 4. The van der Waals surface area contributed by atoms with E-state index >= 15 is 0 Å². The van der Waals surface area contributed by atoms with Gasteiger partial charge < -0.3 is 15.1 Å². The summed E-state index contributed by atoms with van der Waals surface area (Å²) < 4.78 is 0. The molecule has 0 heterocycles. The number of rotatable bonds is 4. The van der Waals surface area contributed by atoms with E-state index in [0.29, 0.717) is 12.0 Å². The minimum Gasteiger partial charge on any atom is -0.384 e. The molecule has 0 aliphatic rings. The largest absolute Gasteiger partial charge is 0.384 e. The Morgan fingerprint density at radius 1 is 1.89 bits per heavy atom. The fourth-order valence-corrected chi connectivity index (χ4v) is 0.863. The molecule has 52 valence electrons. The molecule has 2 N–H and O–H groups in total. The minimum absolute atomic E-state index is 0.231. The standard InChI is InChI=1S/C4H10BNO2S/c5-6-3(2-9)4(8)1-7/h1,3-4,6,8-9H,2,5H2/t3-,4+/m0/s1. The highest BCUT2D eigenvalue weighted by molar-refractivity contribution is 7.80. The molecule has 0 aromatic carbocycles. The first-order valence-electron chi connectivity index (χ1n) is 2.67. The third kappa shape index (κ3) is 2.88. The summed E-state index contributed by atoms with van der Waals surface area (Å²) in [6.07, 6.45) is -0.440. The molecule has 0 aliphatic carbocycles. The van der Waals surface area contributed by atoms with E-state index in [4.69, 9.17) is 5.11 Å². The lowest BCUT2D eigenvalue weighted by Crippen LogP contribution is -2.40. The summed E-state index contributed by atoms with van der Waals surface area (Å²) in [6.45, 7) is 0. The van der Waals surface area contributed by atoms with Crippen LogP contribution in [-0.4, -0.2) is 37.3 Å². The van der Waals surface area contributed by atoms with E-state index in [-0.39, 0.29) is 6.04 Å². The molecule has 0 spiro atoms. The normalized spacial score (nSPS) is 16.7. The van der Waals surface area contributed by atoms with Gasteiger partial charge in [-0.1, -0.05) is 0 Å². The second-order valence-corrected chi connectivity index (χ2v) is 2.07. The van der Waals surface area contributed by atoms with Crippen LogP contribution in [0.4, 0.5) is 0 Å². The van der Waals surface area contributed by atoms with Crippen LogP contribution in [0.25, 0.3) is 0 Å². The number of thiol groups is 1. The maximum atomic E-state index is 9.94. The van der Waals surface area contributed by atoms with Gasteiger partial charge in [-0.15, -0.1) is 0 Å². The van der Waals surface area contributed by atoms with Crippen LogP contribution in [0.2, 0.25) is 0 Å². The Bertz CT molecular complexity index is 88.6. The van der Waals surface area contributed by atoms with Crippen LogP contribution in [0.3, 0.4) is 0 Å². The van der Waals surface area contributed by atoms with E-state index < -0.39 is 6.10 Å². The first-order valence-corrected chi connectivity index (χ1v) is 3.31. The van der Waals surface area contributed by atoms with Crippen LogP contribution >= 0.6 is 12.6 Å². The van der Waals surface area contributed by atoms with Crippen LogP contribution in [-0.2, 0) is 4.79 Å². The Balaban J connectivity index is 3.63. The number of aliphatic hydroxyl groups excluding tert-OH is 1. The maximum Gasteiger partial charge on any atom is 0.182 e. The first-order chi connectivity index (χ1) is 4.26. The lowest BCUT2D eigenvalue weighted by Gasteiger charge is -2.14. The van der Waals surface area contributed by atoms with E-state index in [1.165, 1.54) is 0 Å². The van der Waals surface area contributed by atoms with Gasteiger partial charge in [0.2, 0.25) is 0 Å². The first kappa shape index (κ1) is 9.00. The summed E-state index contributed by atoms with van der Waals surface area (Å²) in [5.41, 5.74) is 0. The van der Waals surface area contributed by atoms with Crippen molar-refractivity contribution in [3.8, 4) is 0 Å². The molecular weight excluding hydrogens is 137 g/mol. The van der Waals surface area contributed by atoms with Crippen LogP contribution < -0.4 is 5.23 Å². The van der Waals surface area contributed by atoms with Crippen molar-refractivity contribution in [2.45, 2.75) is 12.1 Å². The maximum absolute atomic E-state index is 9.94. The van der Waals surface area contributed by atoms with E-state index in [0.717, 1.165) is 0 Å². The number of carbonyl (C=O) groups is 1. The third-order valence-corrected chi connectivity index (χ3v) is 1.51. The van der Waals surface area contributed by atoms with E-state index in [1.54, 1.807) is 7.98 Å². The Morgan fingerprint density at radius 3 is 2.56 bits per heavy atom. The second-order valence-electron chi connectivity index (χ2n) is 1.70. The van der Waals surface area contributed by atoms with Gasteiger partial charge >= 0.3 is 0 Å². The number of hydrogen-bond donors (Lipinski definition) is 3. The number of aldehydes is 1. The molecule has 2 atom stereocenters. The van der Waals surface area contributed by atoms with Gasteiger partial charge in [0.05, 0.1) is 0 Å².